The standard InChI is InChI=1S/C18H19N7/c1-13-10-19-24(11-13)12-14(2)20-16-8-9-17-21-22-18(25(17)23-16)15-6-4-3-5-7-15/h3-11,14H,12H2,1-2H3,(H,20,23)/t14-/m1/s1. The second-order valence-corrected chi connectivity index (χ2v) is 6.16. The van der Waals surface area contributed by atoms with Crippen LogP contribution in [0.2, 0.25) is 0 Å². The van der Waals surface area contributed by atoms with Crippen molar-refractivity contribution in [1.82, 2.24) is 29.6 Å². The van der Waals surface area contributed by atoms with Crippen LogP contribution in [0.25, 0.3) is 17.0 Å². The average Bonchev–Trinajstić information content (AvgIpc) is 3.21. The van der Waals surface area contributed by atoms with Crippen molar-refractivity contribution < 1.29 is 0 Å². The molecule has 3 aromatic heterocycles. The Morgan fingerprint density at radius 2 is 1.92 bits per heavy atom. The SMILES string of the molecule is Cc1cnn(C[C@@H](C)Nc2ccc3nnc(-c4ccccc4)n3n2)c1. The van der Waals surface area contributed by atoms with Crippen LogP contribution in [0.3, 0.4) is 0 Å². The fourth-order valence-corrected chi connectivity index (χ4v) is 2.78. The first-order chi connectivity index (χ1) is 12.2. The van der Waals surface area contributed by atoms with Gasteiger partial charge >= 0.3 is 0 Å². The molecular formula is C18H19N7. The van der Waals surface area contributed by atoms with Crippen molar-refractivity contribution in [3.8, 4) is 11.4 Å². The quantitative estimate of drug-likeness (QED) is 0.608. The van der Waals surface area contributed by atoms with Crippen LogP contribution in [0.5, 0.6) is 0 Å². The maximum absolute atomic E-state index is 4.65. The summed E-state index contributed by atoms with van der Waals surface area (Å²) in [6, 6.07) is 14.0. The number of anilines is 1. The second kappa shape index (κ2) is 6.35. The molecule has 0 fully saturated rings. The van der Waals surface area contributed by atoms with Crippen LogP contribution in [-0.4, -0.2) is 35.6 Å². The zero-order chi connectivity index (χ0) is 17.2. The highest BCUT2D eigenvalue weighted by Crippen LogP contribution is 2.18. The molecule has 4 rings (SSSR count). The molecule has 3 heterocycles. The van der Waals surface area contributed by atoms with Crippen molar-refractivity contribution in [3.63, 3.8) is 0 Å². The van der Waals surface area contributed by atoms with E-state index >= 15 is 0 Å². The second-order valence-electron chi connectivity index (χ2n) is 6.16. The van der Waals surface area contributed by atoms with Gasteiger partial charge in [0.05, 0.1) is 12.7 Å². The summed E-state index contributed by atoms with van der Waals surface area (Å²) in [6.45, 7) is 4.91. The fraction of sp³-hybridized carbons (Fsp3) is 0.222. The predicted octanol–water partition coefficient (Wildman–Crippen LogP) is 2.80. The van der Waals surface area contributed by atoms with E-state index in [0.29, 0.717) is 0 Å². The molecule has 1 N–H and O–H groups in total. The minimum absolute atomic E-state index is 0.181. The van der Waals surface area contributed by atoms with Crippen molar-refractivity contribution in [1.29, 1.82) is 0 Å². The van der Waals surface area contributed by atoms with Crippen LogP contribution in [0, 0.1) is 6.92 Å². The zero-order valence-corrected chi connectivity index (χ0v) is 14.2. The van der Waals surface area contributed by atoms with E-state index in [-0.39, 0.29) is 6.04 Å². The van der Waals surface area contributed by atoms with Gasteiger partial charge in [0, 0.05) is 17.8 Å². The van der Waals surface area contributed by atoms with E-state index in [9.17, 15) is 0 Å². The maximum atomic E-state index is 4.65. The fourth-order valence-electron chi connectivity index (χ4n) is 2.78. The molecule has 7 nitrogen and oxygen atoms in total. The maximum Gasteiger partial charge on any atom is 0.185 e. The first-order valence-corrected chi connectivity index (χ1v) is 8.22. The van der Waals surface area contributed by atoms with Crippen LogP contribution in [0.15, 0.2) is 54.9 Å². The van der Waals surface area contributed by atoms with Gasteiger partial charge in [-0.1, -0.05) is 30.3 Å². The van der Waals surface area contributed by atoms with E-state index in [2.05, 4.69) is 32.6 Å². The molecule has 0 unspecified atom stereocenters. The molecule has 0 aliphatic carbocycles. The number of fused-ring (bicyclic) bond motifs is 1. The molecule has 0 spiro atoms. The van der Waals surface area contributed by atoms with Crippen LogP contribution in [-0.2, 0) is 6.54 Å². The Morgan fingerprint density at radius 1 is 1.08 bits per heavy atom. The van der Waals surface area contributed by atoms with Crippen molar-refractivity contribution >= 4 is 11.5 Å². The summed E-state index contributed by atoms with van der Waals surface area (Å²) in [7, 11) is 0. The first kappa shape index (κ1) is 15.3. The lowest BCUT2D eigenvalue weighted by Gasteiger charge is -2.14. The van der Waals surface area contributed by atoms with E-state index in [1.54, 1.807) is 4.52 Å². The molecule has 25 heavy (non-hydrogen) atoms. The number of hydrogen-bond acceptors (Lipinski definition) is 5. The van der Waals surface area contributed by atoms with Crippen LogP contribution >= 0.6 is 0 Å². The number of rotatable bonds is 5. The molecule has 7 heteroatoms. The number of benzene rings is 1. The van der Waals surface area contributed by atoms with E-state index in [4.69, 9.17) is 0 Å². The lowest BCUT2D eigenvalue weighted by molar-refractivity contribution is 0.558. The molecule has 0 saturated carbocycles. The Morgan fingerprint density at radius 3 is 2.68 bits per heavy atom. The van der Waals surface area contributed by atoms with Crippen molar-refractivity contribution in [2.75, 3.05) is 5.32 Å². The normalized spacial score (nSPS) is 12.4. The summed E-state index contributed by atoms with van der Waals surface area (Å²) in [5, 5.41) is 20.8. The summed E-state index contributed by atoms with van der Waals surface area (Å²) in [4.78, 5) is 0. The minimum Gasteiger partial charge on any atom is -0.364 e. The van der Waals surface area contributed by atoms with Gasteiger partial charge in [-0.05, 0) is 31.5 Å². The third kappa shape index (κ3) is 3.21. The van der Waals surface area contributed by atoms with E-state index in [0.717, 1.165) is 35.0 Å². The summed E-state index contributed by atoms with van der Waals surface area (Å²) in [5.74, 6) is 1.51. The molecular weight excluding hydrogens is 314 g/mol. The highest BCUT2D eigenvalue weighted by atomic mass is 15.4. The number of nitrogens with zero attached hydrogens (tertiary/aromatic N) is 6. The molecule has 0 aliphatic heterocycles. The molecule has 0 bridgehead atoms. The molecule has 0 radical (unpaired) electrons. The van der Waals surface area contributed by atoms with Crippen molar-refractivity contribution in [2.45, 2.75) is 26.4 Å². The van der Waals surface area contributed by atoms with E-state index in [1.165, 1.54) is 0 Å². The van der Waals surface area contributed by atoms with Crippen molar-refractivity contribution in [2.24, 2.45) is 0 Å². The third-order valence-electron chi connectivity index (χ3n) is 3.91. The Balaban J connectivity index is 1.58. The largest absolute Gasteiger partial charge is 0.364 e. The topological polar surface area (TPSA) is 72.9 Å². The highest BCUT2D eigenvalue weighted by Gasteiger charge is 2.11. The molecule has 0 saturated heterocycles. The number of aryl methyl sites for hydroxylation is 1. The van der Waals surface area contributed by atoms with E-state index in [1.807, 2.05) is 66.5 Å². The van der Waals surface area contributed by atoms with E-state index < -0.39 is 0 Å². The first-order valence-electron chi connectivity index (χ1n) is 8.22. The van der Waals surface area contributed by atoms with Gasteiger partial charge in [0.15, 0.2) is 11.5 Å². The Bertz CT molecular complexity index is 987. The lowest BCUT2D eigenvalue weighted by atomic mass is 10.2. The smallest absolute Gasteiger partial charge is 0.185 e. The van der Waals surface area contributed by atoms with Crippen LogP contribution in [0.4, 0.5) is 5.82 Å². The van der Waals surface area contributed by atoms with Gasteiger partial charge in [0.25, 0.3) is 0 Å². The van der Waals surface area contributed by atoms with Gasteiger partial charge in [0.1, 0.15) is 5.82 Å². The van der Waals surface area contributed by atoms with Gasteiger partial charge in [0.2, 0.25) is 0 Å². The minimum atomic E-state index is 0.181. The molecule has 0 aliphatic rings. The number of hydrogen-bond donors (Lipinski definition) is 1. The summed E-state index contributed by atoms with van der Waals surface area (Å²) in [5.41, 5.74) is 2.86. The van der Waals surface area contributed by atoms with Crippen LogP contribution < -0.4 is 5.32 Å². The van der Waals surface area contributed by atoms with Crippen LogP contribution in [0.1, 0.15) is 12.5 Å². The Kier molecular flexibility index (Phi) is 3.89. The Hall–Kier alpha value is -3.22. The summed E-state index contributed by atoms with van der Waals surface area (Å²) in [6.07, 6.45) is 3.89. The molecule has 1 aromatic carbocycles. The molecule has 1 atom stereocenters. The summed E-state index contributed by atoms with van der Waals surface area (Å²) < 4.78 is 3.70. The van der Waals surface area contributed by atoms with Gasteiger partial charge in [-0.15, -0.1) is 15.3 Å². The van der Waals surface area contributed by atoms with Crippen molar-refractivity contribution in [3.05, 3.63) is 60.4 Å². The van der Waals surface area contributed by atoms with Gasteiger partial charge in [-0.2, -0.15) is 9.61 Å². The third-order valence-corrected chi connectivity index (χ3v) is 3.91. The summed E-state index contributed by atoms with van der Waals surface area (Å²) >= 11 is 0. The highest BCUT2D eigenvalue weighted by molar-refractivity contribution is 5.59. The monoisotopic (exact) mass is 333 g/mol. The van der Waals surface area contributed by atoms with Gasteiger partial charge in [-0.25, -0.2) is 0 Å². The molecule has 4 aromatic rings. The molecule has 0 amide bonds. The number of nitrogens with one attached hydrogen (secondary N) is 1. The zero-order valence-electron chi connectivity index (χ0n) is 14.2. The average molecular weight is 333 g/mol. The van der Waals surface area contributed by atoms with Gasteiger partial charge in [-0.3, -0.25) is 4.68 Å². The predicted molar refractivity (Wildman–Crippen MR) is 96.3 cm³/mol. The number of aromatic nitrogens is 6. The lowest BCUT2D eigenvalue weighted by Crippen LogP contribution is -2.23. The molecule has 126 valence electrons. The van der Waals surface area contributed by atoms with Gasteiger partial charge < -0.3 is 5.32 Å². The Labute approximate surface area is 145 Å².